The molecule has 0 spiro atoms. The summed E-state index contributed by atoms with van der Waals surface area (Å²) in [6, 6.07) is 0. The Bertz CT molecular complexity index is 446. The molecule has 3 rings (SSSR count). The lowest BCUT2D eigenvalue weighted by Gasteiger charge is -2.22. The minimum Gasteiger partial charge on any atom is -0.478 e. The molecule has 0 radical (unpaired) electrons. The minimum atomic E-state index is -0.856. The predicted molar refractivity (Wildman–Crippen MR) is 54.6 cm³/mol. The highest BCUT2D eigenvalue weighted by atomic mass is 16.4. The molecule has 0 heterocycles. The maximum Gasteiger partial charge on any atom is 0.331 e. The van der Waals surface area contributed by atoms with Gasteiger partial charge in [0.15, 0.2) is 0 Å². The van der Waals surface area contributed by atoms with Crippen LogP contribution in [0.3, 0.4) is 0 Å². The Labute approximate surface area is 92.3 Å². The van der Waals surface area contributed by atoms with E-state index in [9.17, 15) is 9.59 Å². The maximum absolute atomic E-state index is 11.0. The lowest BCUT2D eigenvalue weighted by molar-refractivity contribution is -0.133. The number of allylic oxidation sites excluding steroid dienone is 2. The molecule has 84 valence electrons. The largest absolute Gasteiger partial charge is 0.478 e. The predicted octanol–water partition coefficient (Wildman–Crippen LogP) is 1.29. The number of carboxylic acid groups (broad SMARTS) is 2. The molecule has 0 aromatic heterocycles. The van der Waals surface area contributed by atoms with Crippen molar-refractivity contribution in [1.29, 1.82) is 0 Å². The molecular formula is C12H12O4. The summed E-state index contributed by atoms with van der Waals surface area (Å²) < 4.78 is 0. The fourth-order valence-electron chi connectivity index (χ4n) is 3.57. The Morgan fingerprint density at radius 2 is 1.94 bits per heavy atom. The molecule has 0 aliphatic heterocycles. The first-order chi connectivity index (χ1) is 7.58. The Balaban J connectivity index is 1.89. The summed E-state index contributed by atoms with van der Waals surface area (Å²) in [5, 5.41) is 18.0. The molecule has 1 fully saturated rings. The van der Waals surface area contributed by atoms with Crippen molar-refractivity contribution in [3.05, 3.63) is 23.3 Å². The first kappa shape index (κ1) is 9.63. The van der Waals surface area contributed by atoms with Gasteiger partial charge in [-0.2, -0.15) is 0 Å². The standard InChI is InChI=1S/C12H12O4/c13-11(14)6-3-7-5-1-9(8(7)4-6)10(2-5)12(15)16/h2-3,5,7-9H,1,4H2,(H,13,14)(H,15,16)/t5-,7+,8+,9-/m1/s1. The summed E-state index contributed by atoms with van der Waals surface area (Å²) in [5.74, 6) is -0.898. The molecule has 4 heteroatoms. The lowest BCUT2D eigenvalue weighted by Crippen LogP contribution is -2.21. The van der Waals surface area contributed by atoms with E-state index in [0.29, 0.717) is 17.6 Å². The molecule has 0 aromatic rings. The van der Waals surface area contributed by atoms with E-state index >= 15 is 0 Å². The molecule has 16 heavy (non-hydrogen) atoms. The topological polar surface area (TPSA) is 74.6 Å². The quantitative estimate of drug-likeness (QED) is 0.735. The zero-order valence-electron chi connectivity index (χ0n) is 8.59. The van der Waals surface area contributed by atoms with Gasteiger partial charge in [-0.15, -0.1) is 0 Å². The van der Waals surface area contributed by atoms with Gasteiger partial charge in [-0.1, -0.05) is 12.2 Å². The molecule has 0 unspecified atom stereocenters. The van der Waals surface area contributed by atoms with Crippen LogP contribution in [0.4, 0.5) is 0 Å². The number of fused-ring (bicyclic) bond motifs is 5. The first-order valence-electron chi connectivity index (χ1n) is 5.47. The van der Waals surface area contributed by atoms with Crippen LogP contribution in [-0.4, -0.2) is 22.2 Å². The highest BCUT2D eigenvalue weighted by Gasteiger charge is 2.51. The van der Waals surface area contributed by atoms with Gasteiger partial charge < -0.3 is 10.2 Å². The van der Waals surface area contributed by atoms with Crippen molar-refractivity contribution in [2.45, 2.75) is 12.8 Å². The van der Waals surface area contributed by atoms with Crippen molar-refractivity contribution in [3.8, 4) is 0 Å². The van der Waals surface area contributed by atoms with E-state index in [1.54, 1.807) is 0 Å². The van der Waals surface area contributed by atoms with Crippen LogP contribution in [0.2, 0.25) is 0 Å². The van der Waals surface area contributed by atoms with Gasteiger partial charge in [-0.25, -0.2) is 9.59 Å². The number of carbonyl (C=O) groups is 2. The Morgan fingerprint density at radius 3 is 2.56 bits per heavy atom. The molecule has 0 amide bonds. The Morgan fingerprint density at radius 1 is 1.19 bits per heavy atom. The van der Waals surface area contributed by atoms with Crippen molar-refractivity contribution in [1.82, 2.24) is 0 Å². The summed E-state index contributed by atoms with van der Waals surface area (Å²) in [6.45, 7) is 0. The maximum atomic E-state index is 11.0. The van der Waals surface area contributed by atoms with E-state index < -0.39 is 11.9 Å². The van der Waals surface area contributed by atoms with E-state index in [4.69, 9.17) is 10.2 Å². The van der Waals surface area contributed by atoms with Gasteiger partial charge >= 0.3 is 11.9 Å². The summed E-state index contributed by atoms with van der Waals surface area (Å²) in [7, 11) is 0. The highest BCUT2D eigenvalue weighted by Crippen LogP contribution is 2.57. The Hall–Kier alpha value is -1.58. The third-order valence-corrected chi connectivity index (χ3v) is 4.20. The summed E-state index contributed by atoms with van der Waals surface area (Å²) in [5.41, 5.74) is 0.969. The molecule has 2 bridgehead atoms. The highest BCUT2D eigenvalue weighted by molar-refractivity contribution is 5.90. The minimum absolute atomic E-state index is 0.0700. The lowest BCUT2D eigenvalue weighted by atomic mass is 9.81. The van der Waals surface area contributed by atoms with Gasteiger partial charge in [-0.05, 0) is 36.5 Å². The number of aliphatic carboxylic acids is 2. The van der Waals surface area contributed by atoms with Crippen LogP contribution in [0.25, 0.3) is 0 Å². The fourth-order valence-corrected chi connectivity index (χ4v) is 3.57. The van der Waals surface area contributed by atoms with Crippen molar-refractivity contribution >= 4 is 11.9 Å². The normalized spacial score (nSPS) is 39.2. The van der Waals surface area contributed by atoms with Crippen LogP contribution in [0.1, 0.15) is 12.8 Å². The second kappa shape index (κ2) is 2.97. The third kappa shape index (κ3) is 1.10. The van der Waals surface area contributed by atoms with Gasteiger partial charge in [0.1, 0.15) is 0 Å². The zero-order valence-corrected chi connectivity index (χ0v) is 8.59. The summed E-state index contributed by atoms with van der Waals surface area (Å²) in [6.07, 6.45) is 5.09. The van der Waals surface area contributed by atoms with E-state index in [1.807, 2.05) is 12.2 Å². The van der Waals surface area contributed by atoms with E-state index in [0.717, 1.165) is 6.42 Å². The monoisotopic (exact) mass is 220 g/mol. The van der Waals surface area contributed by atoms with Gasteiger partial charge in [0.05, 0.1) is 0 Å². The molecule has 4 atom stereocenters. The molecular weight excluding hydrogens is 208 g/mol. The van der Waals surface area contributed by atoms with Crippen LogP contribution in [0.15, 0.2) is 23.3 Å². The third-order valence-electron chi connectivity index (χ3n) is 4.20. The second-order valence-electron chi connectivity index (χ2n) is 4.88. The SMILES string of the molecule is O=C(O)C1=C[C@@H]2[C@H](C1)[C@H]1C[C@@H]2C=C1C(=O)O. The van der Waals surface area contributed by atoms with Crippen LogP contribution in [0, 0.1) is 23.7 Å². The summed E-state index contributed by atoms with van der Waals surface area (Å²) in [4.78, 5) is 21.9. The smallest absolute Gasteiger partial charge is 0.331 e. The molecule has 3 aliphatic carbocycles. The van der Waals surface area contributed by atoms with E-state index in [1.165, 1.54) is 0 Å². The van der Waals surface area contributed by atoms with Crippen molar-refractivity contribution in [3.63, 3.8) is 0 Å². The molecule has 1 saturated carbocycles. The van der Waals surface area contributed by atoms with E-state index in [-0.39, 0.29) is 23.7 Å². The van der Waals surface area contributed by atoms with Crippen LogP contribution >= 0.6 is 0 Å². The van der Waals surface area contributed by atoms with E-state index in [2.05, 4.69) is 0 Å². The van der Waals surface area contributed by atoms with Crippen molar-refractivity contribution in [2.75, 3.05) is 0 Å². The molecule has 0 saturated heterocycles. The number of rotatable bonds is 2. The van der Waals surface area contributed by atoms with Crippen LogP contribution < -0.4 is 0 Å². The number of hydrogen-bond donors (Lipinski definition) is 2. The summed E-state index contributed by atoms with van der Waals surface area (Å²) >= 11 is 0. The molecule has 3 aliphatic rings. The van der Waals surface area contributed by atoms with Crippen LogP contribution in [0.5, 0.6) is 0 Å². The number of hydrogen-bond acceptors (Lipinski definition) is 2. The average molecular weight is 220 g/mol. The van der Waals surface area contributed by atoms with Crippen LogP contribution in [-0.2, 0) is 9.59 Å². The van der Waals surface area contributed by atoms with Gasteiger partial charge in [-0.3, -0.25) is 0 Å². The van der Waals surface area contributed by atoms with Crippen molar-refractivity contribution in [2.24, 2.45) is 23.7 Å². The average Bonchev–Trinajstić information content (AvgIpc) is 2.87. The molecule has 2 N–H and O–H groups in total. The van der Waals surface area contributed by atoms with Gasteiger partial charge in [0.25, 0.3) is 0 Å². The van der Waals surface area contributed by atoms with Gasteiger partial charge in [0, 0.05) is 11.1 Å². The zero-order chi connectivity index (χ0) is 11.4. The first-order valence-corrected chi connectivity index (χ1v) is 5.47. The number of carboxylic acids is 2. The molecule has 4 nitrogen and oxygen atoms in total. The van der Waals surface area contributed by atoms with Crippen molar-refractivity contribution < 1.29 is 19.8 Å². The second-order valence-corrected chi connectivity index (χ2v) is 4.88. The van der Waals surface area contributed by atoms with Gasteiger partial charge in [0.2, 0.25) is 0 Å². The molecule has 0 aromatic carbocycles. The Kier molecular flexibility index (Phi) is 1.79. The fraction of sp³-hybridized carbons (Fsp3) is 0.500.